The van der Waals surface area contributed by atoms with E-state index in [4.69, 9.17) is 0 Å². The summed E-state index contributed by atoms with van der Waals surface area (Å²) in [6.45, 7) is 13.0. The molecule has 8 rings (SSSR count). The third-order valence-corrected chi connectivity index (χ3v) is 11.3. The van der Waals surface area contributed by atoms with Crippen LogP contribution in [0.4, 0.5) is 22.7 Å². The molecular formula is C58H52N2. The minimum Gasteiger partial charge on any atom is -0.316 e. The van der Waals surface area contributed by atoms with Gasteiger partial charge in [0.05, 0.1) is 0 Å². The van der Waals surface area contributed by atoms with Gasteiger partial charge in [-0.05, 0) is 122 Å². The lowest BCUT2D eigenvalue weighted by Crippen LogP contribution is -2.12. The summed E-state index contributed by atoms with van der Waals surface area (Å²) >= 11 is 0. The maximum absolute atomic E-state index is 2.34. The molecule has 294 valence electrons. The summed E-state index contributed by atoms with van der Waals surface area (Å²) in [6.07, 6.45) is 4.61. The van der Waals surface area contributed by atoms with Gasteiger partial charge in [0.1, 0.15) is 0 Å². The van der Waals surface area contributed by atoms with Crippen LogP contribution in [-0.4, -0.2) is 0 Å². The molecule has 2 nitrogen and oxygen atoms in total. The molecule has 0 unspecified atom stereocenters. The van der Waals surface area contributed by atoms with Gasteiger partial charge in [0.25, 0.3) is 0 Å². The molecule has 0 aromatic heterocycles. The Bertz CT molecular complexity index is 2560. The molecule has 8 aromatic rings. The fraction of sp³-hybridized carbons (Fsp3) is 0.103. The van der Waals surface area contributed by atoms with E-state index < -0.39 is 0 Å². The predicted molar refractivity (Wildman–Crippen MR) is 257 cm³/mol. The highest BCUT2D eigenvalue weighted by Crippen LogP contribution is 2.37. The van der Waals surface area contributed by atoms with Crippen molar-refractivity contribution in [3.63, 3.8) is 0 Å². The van der Waals surface area contributed by atoms with Crippen molar-refractivity contribution in [3.05, 3.63) is 262 Å². The molecule has 0 saturated carbocycles. The monoisotopic (exact) mass is 776 g/mol. The van der Waals surface area contributed by atoms with E-state index in [9.17, 15) is 0 Å². The van der Waals surface area contributed by atoms with E-state index in [2.05, 4.69) is 258 Å². The van der Waals surface area contributed by atoms with Crippen LogP contribution in [0.1, 0.15) is 55.6 Å². The Morgan fingerprint density at radius 2 is 0.633 bits per heavy atom. The van der Waals surface area contributed by atoms with Crippen LogP contribution in [0.3, 0.4) is 0 Å². The van der Waals surface area contributed by atoms with Crippen molar-refractivity contribution in [1.82, 2.24) is 0 Å². The highest BCUT2D eigenvalue weighted by Gasteiger charge is 2.17. The summed E-state index contributed by atoms with van der Waals surface area (Å²) in [5.41, 5.74) is 21.3. The summed E-state index contributed by atoms with van der Waals surface area (Å²) in [5, 5.41) is 0. The lowest BCUT2D eigenvalue weighted by molar-refractivity contribution is 1.23. The predicted octanol–water partition coefficient (Wildman–Crippen LogP) is 15.7. The Morgan fingerprint density at radius 3 is 0.967 bits per heavy atom. The molecule has 0 aliphatic rings. The molecule has 0 bridgehead atoms. The Kier molecular flexibility index (Phi) is 11.7. The van der Waals surface area contributed by atoms with Gasteiger partial charge in [-0.25, -0.2) is 0 Å². The maximum atomic E-state index is 2.34. The molecule has 0 spiro atoms. The summed E-state index contributed by atoms with van der Waals surface area (Å²) < 4.78 is 0. The van der Waals surface area contributed by atoms with Crippen molar-refractivity contribution in [2.75, 3.05) is 9.80 Å². The number of hydrogen-bond acceptors (Lipinski definition) is 2. The van der Waals surface area contributed by atoms with Crippen LogP contribution in [0.5, 0.6) is 0 Å². The van der Waals surface area contributed by atoms with Crippen LogP contribution in [0.15, 0.2) is 207 Å². The molecule has 60 heavy (non-hydrogen) atoms. The molecule has 2 heteroatoms. The van der Waals surface area contributed by atoms with E-state index in [-0.39, 0.29) is 0 Å². The third kappa shape index (κ3) is 8.94. The molecule has 0 aliphatic carbocycles. The van der Waals surface area contributed by atoms with Gasteiger partial charge in [-0.3, -0.25) is 0 Å². The topological polar surface area (TPSA) is 6.48 Å². The number of aryl methyl sites for hydroxylation is 6. The first kappa shape index (κ1) is 39.7. The Balaban J connectivity index is 1.18. The molecule has 0 amide bonds. The van der Waals surface area contributed by atoms with E-state index in [0.717, 1.165) is 45.0 Å². The van der Waals surface area contributed by atoms with Gasteiger partial charge in [0.2, 0.25) is 0 Å². The minimum absolute atomic E-state index is 1.10. The SMILES string of the molecule is Cc1ccc(/C(=C/N(c2ccc(-c3ccc(N(/C=C(\c4ccccc4)c4ccc(C)cc4)c4ccc(C)cc4C)cc3)cc2)c2ccc(C)cc2C)c2ccccc2)cc1. The first-order valence-electron chi connectivity index (χ1n) is 20.8. The van der Waals surface area contributed by atoms with Gasteiger partial charge in [-0.1, -0.05) is 180 Å². The average molecular weight is 777 g/mol. The number of hydrogen-bond donors (Lipinski definition) is 0. The van der Waals surface area contributed by atoms with Crippen molar-refractivity contribution < 1.29 is 0 Å². The Labute approximate surface area is 357 Å². The average Bonchev–Trinajstić information content (AvgIpc) is 3.27. The number of nitrogens with zero attached hydrogens (tertiary/aromatic N) is 2. The normalized spacial score (nSPS) is 11.7. The summed E-state index contributed by atoms with van der Waals surface area (Å²) in [7, 11) is 0. The highest BCUT2D eigenvalue weighted by atomic mass is 15.1. The standard InChI is InChI=1S/C58H52N2/c1-41-17-23-51(24-18-41)55(49-13-9-7-10-14-49)39-59(57-35-21-43(3)37-45(57)5)53-31-27-47(28-32-53)48-29-33-54(34-30-48)60(58-36-22-44(4)38-46(58)6)40-56(50-15-11-8-12-16-50)52-25-19-42(2)20-26-52/h7-40H,1-6H3/b55-39+,56-40+. The fourth-order valence-electron chi connectivity index (χ4n) is 7.94. The summed E-state index contributed by atoms with van der Waals surface area (Å²) in [6, 6.07) is 70.4. The van der Waals surface area contributed by atoms with Crippen LogP contribution < -0.4 is 9.80 Å². The van der Waals surface area contributed by atoms with Crippen LogP contribution >= 0.6 is 0 Å². The van der Waals surface area contributed by atoms with E-state index >= 15 is 0 Å². The van der Waals surface area contributed by atoms with Crippen molar-refractivity contribution in [3.8, 4) is 11.1 Å². The molecule has 8 aromatic carbocycles. The van der Waals surface area contributed by atoms with Crippen LogP contribution in [0, 0.1) is 41.5 Å². The molecule has 0 aliphatic heterocycles. The molecule has 0 atom stereocenters. The van der Waals surface area contributed by atoms with E-state index in [0.29, 0.717) is 0 Å². The zero-order chi connectivity index (χ0) is 41.6. The quantitative estimate of drug-likeness (QED) is 0.129. The van der Waals surface area contributed by atoms with Crippen LogP contribution in [0.25, 0.3) is 22.3 Å². The van der Waals surface area contributed by atoms with Gasteiger partial charge < -0.3 is 9.80 Å². The molecule has 0 heterocycles. The lowest BCUT2D eigenvalue weighted by Gasteiger charge is -2.26. The van der Waals surface area contributed by atoms with Crippen molar-refractivity contribution in [2.45, 2.75) is 41.5 Å². The molecule has 0 radical (unpaired) electrons. The van der Waals surface area contributed by atoms with Crippen LogP contribution in [-0.2, 0) is 0 Å². The van der Waals surface area contributed by atoms with Gasteiger partial charge in [-0.2, -0.15) is 0 Å². The smallest absolute Gasteiger partial charge is 0.0485 e. The zero-order valence-corrected chi connectivity index (χ0v) is 35.5. The first-order chi connectivity index (χ1) is 29.2. The molecule has 0 fully saturated rings. The second kappa shape index (κ2) is 17.8. The highest BCUT2D eigenvalue weighted by molar-refractivity contribution is 5.87. The van der Waals surface area contributed by atoms with Crippen molar-refractivity contribution in [2.24, 2.45) is 0 Å². The van der Waals surface area contributed by atoms with E-state index in [1.165, 1.54) is 55.6 Å². The van der Waals surface area contributed by atoms with Crippen LogP contribution in [0.2, 0.25) is 0 Å². The minimum atomic E-state index is 1.10. The van der Waals surface area contributed by atoms with Crippen molar-refractivity contribution in [1.29, 1.82) is 0 Å². The lowest BCUT2D eigenvalue weighted by atomic mass is 9.97. The summed E-state index contributed by atoms with van der Waals surface area (Å²) in [4.78, 5) is 4.69. The first-order valence-corrected chi connectivity index (χ1v) is 20.8. The second-order valence-corrected chi connectivity index (χ2v) is 16.0. The number of benzene rings is 8. The zero-order valence-electron chi connectivity index (χ0n) is 35.5. The van der Waals surface area contributed by atoms with Crippen molar-refractivity contribution >= 4 is 33.9 Å². The molecule has 0 N–H and O–H groups in total. The molecule has 0 saturated heterocycles. The van der Waals surface area contributed by atoms with E-state index in [1.54, 1.807) is 0 Å². The Hall–Kier alpha value is -7.16. The number of anilines is 4. The van der Waals surface area contributed by atoms with E-state index in [1.807, 2.05) is 0 Å². The van der Waals surface area contributed by atoms with Gasteiger partial charge in [0.15, 0.2) is 0 Å². The maximum Gasteiger partial charge on any atom is 0.0485 e. The largest absolute Gasteiger partial charge is 0.316 e. The number of rotatable bonds is 11. The summed E-state index contributed by atoms with van der Waals surface area (Å²) in [5.74, 6) is 0. The van der Waals surface area contributed by atoms with Gasteiger partial charge in [-0.15, -0.1) is 0 Å². The second-order valence-electron chi connectivity index (χ2n) is 16.0. The third-order valence-electron chi connectivity index (χ3n) is 11.3. The van der Waals surface area contributed by atoms with Gasteiger partial charge in [0, 0.05) is 46.3 Å². The fourth-order valence-corrected chi connectivity index (χ4v) is 7.94. The Morgan fingerprint density at radius 1 is 0.317 bits per heavy atom. The molecular weight excluding hydrogens is 725 g/mol. The van der Waals surface area contributed by atoms with Gasteiger partial charge >= 0.3 is 0 Å².